The van der Waals surface area contributed by atoms with Crippen LogP contribution in [-0.2, 0) is 6.54 Å². The van der Waals surface area contributed by atoms with Crippen molar-refractivity contribution >= 4 is 0 Å². The Balaban J connectivity index is 1.48. The molecule has 0 saturated carbocycles. The number of para-hydroxylation sites is 2. The van der Waals surface area contributed by atoms with Crippen molar-refractivity contribution < 1.29 is 14.2 Å². The Bertz CT molecular complexity index is 583. The van der Waals surface area contributed by atoms with Gasteiger partial charge in [-0.2, -0.15) is 0 Å². The van der Waals surface area contributed by atoms with Crippen LogP contribution in [0.4, 0.5) is 0 Å². The Morgan fingerprint density at radius 2 is 1.86 bits per heavy atom. The number of nitrogens with one attached hydrogen (secondary N) is 1. The highest BCUT2D eigenvalue weighted by molar-refractivity contribution is 5.40. The van der Waals surface area contributed by atoms with E-state index in [0.717, 1.165) is 30.3 Å². The van der Waals surface area contributed by atoms with Crippen molar-refractivity contribution in [3.05, 3.63) is 54.1 Å². The van der Waals surface area contributed by atoms with Crippen molar-refractivity contribution in [1.82, 2.24) is 5.32 Å². The molecule has 0 aromatic heterocycles. The Kier molecular flexibility index (Phi) is 4.26. The number of methoxy groups -OCH3 is 1. The van der Waals surface area contributed by atoms with Gasteiger partial charge in [-0.15, -0.1) is 0 Å². The minimum Gasteiger partial charge on any atom is -0.497 e. The fraction of sp³-hybridized carbons (Fsp3) is 0.294. The first-order valence-electron chi connectivity index (χ1n) is 7.07. The van der Waals surface area contributed by atoms with E-state index in [1.807, 2.05) is 36.4 Å². The second-order valence-electron chi connectivity index (χ2n) is 4.98. The fourth-order valence-corrected chi connectivity index (χ4v) is 2.28. The van der Waals surface area contributed by atoms with E-state index in [0.29, 0.717) is 6.61 Å². The van der Waals surface area contributed by atoms with Gasteiger partial charge in [0.05, 0.1) is 7.11 Å². The van der Waals surface area contributed by atoms with E-state index in [1.165, 1.54) is 5.56 Å². The Morgan fingerprint density at radius 3 is 2.62 bits per heavy atom. The van der Waals surface area contributed by atoms with Crippen molar-refractivity contribution in [3.8, 4) is 17.2 Å². The summed E-state index contributed by atoms with van der Waals surface area (Å²) in [7, 11) is 1.67. The van der Waals surface area contributed by atoms with Crippen LogP contribution in [0.2, 0.25) is 0 Å². The van der Waals surface area contributed by atoms with Crippen molar-refractivity contribution in [2.75, 3.05) is 20.3 Å². The largest absolute Gasteiger partial charge is 0.497 e. The van der Waals surface area contributed by atoms with E-state index in [9.17, 15) is 0 Å². The van der Waals surface area contributed by atoms with Crippen LogP contribution in [0.1, 0.15) is 5.56 Å². The molecule has 0 bridgehead atoms. The molecule has 0 radical (unpaired) electrons. The molecule has 2 aromatic rings. The Morgan fingerprint density at radius 1 is 1.10 bits per heavy atom. The summed E-state index contributed by atoms with van der Waals surface area (Å²) in [6, 6.07) is 15.8. The van der Waals surface area contributed by atoms with Gasteiger partial charge in [0.1, 0.15) is 18.5 Å². The highest BCUT2D eigenvalue weighted by atomic mass is 16.6. The molecule has 0 unspecified atom stereocenters. The van der Waals surface area contributed by atoms with Gasteiger partial charge >= 0.3 is 0 Å². The van der Waals surface area contributed by atoms with E-state index in [-0.39, 0.29) is 6.10 Å². The molecular formula is C17H19NO3. The fourth-order valence-electron chi connectivity index (χ4n) is 2.28. The average molecular weight is 285 g/mol. The van der Waals surface area contributed by atoms with Crippen LogP contribution in [0.25, 0.3) is 0 Å². The van der Waals surface area contributed by atoms with Crippen LogP contribution in [-0.4, -0.2) is 26.4 Å². The van der Waals surface area contributed by atoms with Gasteiger partial charge in [-0.05, 0) is 29.8 Å². The summed E-state index contributed by atoms with van der Waals surface area (Å²) < 4.78 is 16.7. The quantitative estimate of drug-likeness (QED) is 0.916. The zero-order valence-corrected chi connectivity index (χ0v) is 12.0. The molecule has 0 spiro atoms. The van der Waals surface area contributed by atoms with Gasteiger partial charge < -0.3 is 19.5 Å². The van der Waals surface area contributed by atoms with Crippen molar-refractivity contribution in [1.29, 1.82) is 0 Å². The summed E-state index contributed by atoms with van der Waals surface area (Å²) in [4.78, 5) is 0. The molecule has 1 aliphatic heterocycles. The zero-order valence-electron chi connectivity index (χ0n) is 12.0. The Labute approximate surface area is 124 Å². The number of fused-ring (bicyclic) bond motifs is 1. The van der Waals surface area contributed by atoms with Gasteiger partial charge in [0.15, 0.2) is 11.5 Å². The molecule has 4 heteroatoms. The molecule has 0 saturated heterocycles. The minimum atomic E-state index is 0.0400. The smallest absolute Gasteiger partial charge is 0.161 e. The SMILES string of the molecule is COc1ccc(CNC[C@H]2COc3ccccc3O2)cc1. The molecule has 21 heavy (non-hydrogen) atoms. The topological polar surface area (TPSA) is 39.7 Å². The summed E-state index contributed by atoms with van der Waals surface area (Å²) in [6.45, 7) is 2.12. The first kappa shape index (κ1) is 13.8. The van der Waals surface area contributed by atoms with Crippen LogP contribution in [0.5, 0.6) is 17.2 Å². The van der Waals surface area contributed by atoms with Gasteiger partial charge in [-0.25, -0.2) is 0 Å². The minimum absolute atomic E-state index is 0.0400. The monoisotopic (exact) mass is 285 g/mol. The highest BCUT2D eigenvalue weighted by Gasteiger charge is 2.19. The molecular weight excluding hydrogens is 266 g/mol. The summed E-state index contributed by atoms with van der Waals surface area (Å²) in [5, 5.41) is 3.39. The maximum atomic E-state index is 5.90. The van der Waals surface area contributed by atoms with E-state index in [4.69, 9.17) is 14.2 Å². The predicted octanol–water partition coefficient (Wildman–Crippen LogP) is 2.62. The first-order chi connectivity index (χ1) is 10.3. The number of benzene rings is 2. The van der Waals surface area contributed by atoms with Crippen molar-refractivity contribution in [2.24, 2.45) is 0 Å². The second-order valence-corrected chi connectivity index (χ2v) is 4.98. The third kappa shape index (κ3) is 3.47. The maximum absolute atomic E-state index is 5.90. The van der Waals surface area contributed by atoms with E-state index >= 15 is 0 Å². The molecule has 1 N–H and O–H groups in total. The molecule has 1 heterocycles. The molecule has 0 fully saturated rings. The lowest BCUT2D eigenvalue weighted by molar-refractivity contribution is 0.0902. The molecule has 1 atom stereocenters. The number of hydrogen-bond donors (Lipinski definition) is 1. The van der Waals surface area contributed by atoms with Crippen LogP contribution in [0, 0.1) is 0 Å². The van der Waals surface area contributed by atoms with Gasteiger partial charge in [0, 0.05) is 13.1 Å². The van der Waals surface area contributed by atoms with Crippen LogP contribution in [0.3, 0.4) is 0 Å². The number of hydrogen-bond acceptors (Lipinski definition) is 4. The Hall–Kier alpha value is -2.20. The lowest BCUT2D eigenvalue weighted by atomic mass is 10.2. The summed E-state index contributed by atoms with van der Waals surface area (Å²) in [5.41, 5.74) is 1.22. The van der Waals surface area contributed by atoms with Crippen LogP contribution >= 0.6 is 0 Å². The standard InChI is InChI=1S/C17H19NO3/c1-19-14-8-6-13(7-9-14)10-18-11-15-12-20-16-4-2-3-5-17(16)21-15/h2-9,15,18H,10-12H2,1H3/t15-/m0/s1. The third-order valence-electron chi connectivity index (χ3n) is 3.43. The molecule has 3 rings (SSSR count). The molecule has 110 valence electrons. The van der Waals surface area contributed by atoms with Crippen LogP contribution in [0.15, 0.2) is 48.5 Å². The zero-order chi connectivity index (χ0) is 14.5. The van der Waals surface area contributed by atoms with Crippen LogP contribution < -0.4 is 19.5 Å². The molecule has 1 aliphatic rings. The number of ether oxygens (including phenoxy) is 3. The van der Waals surface area contributed by atoms with Gasteiger partial charge in [0.2, 0.25) is 0 Å². The molecule has 0 amide bonds. The van der Waals surface area contributed by atoms with Gasteiger partial charge in [-0.1, -0.05) is 24.3 Å². The van der Waals surface area contributed by atoms with Gasteiger partial charge in [0.25, 0.3) is 0 Å². The van der Waals surface area contributed by atoms with Crippen molar-refractivity contribution in [2.45, 2.75) is 12.6 Å². The highest BCUT2D eigenvalue weighted by Crippen LogP contribution is 2.30. The number of rotatable bonds is 5. The molecule has 2 aromatic carbocycles. The third-order valence-corrected chi connectivity index (χ3v) is 3.43. The lowest BCUT2D eigenvalue weighted by Crippen LogP contribution is -2.38. The summed E-state index contributed by atoms with van der Waals surface area (Å²) >= 11 is 0. The molecule has 4 nitrogen and oxygen atoms in total. The predicted molar refractivity (Wildman–Crippen MR) is 81.1 cm³/mol. The van der Waals surface area contributed by atoms with E-state index in [1.54, 1.807) is 7.11 Å². The normalized spacial score (nSPS) is 16.5. The van der Waals surface area contributed by atoms with Crippen molar-refractivity contribution in [3.63, 3.8) is 0 Å². The maximum Gasteiger partial charge on any atom is 0.161 e. The summed E-state index contributed by atoms with van der Waals surface area (Å²) in [5.74, 6) is 2.52. The first-order valence-corrected chi connectivity index (χ1v) is 7.07. The second kappa shape index (κ2) is 6.50. The van der Waals surface area contributed by atoms with E-state index in [2.05, 4.69) is 17.4 Å². The van der Waals surface area contributed by atoms with Gasteiger partial charge in [-0.3, -0.25) is 0 Å². The lowest BCUT2D eigenvalue weighted by Gasteiger charge is -2.26. The average Bonchev–Trinajstić information content (AvgIpc) is 2.55. The van der Waals surface area contributed by atoms with E-state index < -0.39 is 0 Å². The summed E-state index contributed by atoms with van der Waals surface area (Å²) in [6.07, 6.45) is 0.0400. The molecule has 0 aliphatic carbocycles.